The van der Waals surface area contributed by atoms with Gasteiger partial charge in [-0.15, -0.1) is 0 Å². The predicted molar refractivity (Wildman–Crippen MR) is 82.9 cm³/mol. The van der Waals surface area contributed by atoms with E-state index in [0.717, 1.165) is 0 Å². The normalized spacial score (nSPS) is 12.6. The Morgan fingerprint density at radius 1 is 1.29 bits per heavy atom. The maximum Gasteiger partial charge on any atom is 0.263 e. The van der Waals surface area contributed by atoms with Gasteiger partial charge in [0.25, 0.3) is 9.05 Å². The van der Waals surface area contributed by atoms with Crippen LogP contribution in [0.15, 0.2) is 35.4 Å². The molecule has 2 rings (SSSR count). The largest absolute Gasteiger partial charge is 0.350 e. The zero-order valence-corrected chi connectivity index (χ0v) is 13.6. The van der Waals surface area contributed by atoms with Gasteiger partial charge in [-0.2, -0.15) is 0 Å². The summed E-state index contributed by atoms with van der Waals surface area (Å²) in [5.74, 6) is -0.193. The fourth-order valence-electron chi connectivity index (χ4n) is 2.15. The molecule has 0 bridgehead atoms. The number of hydrogen-bond acceptors (Lipinski definition) is 3. The number of rotatable bonds is 3. The van der Waals surface area contributed by atoms with Gasteiger partial charge in [0, 0.05) is 33.3 Å². The molecular weight excluding hydrogens is 312 g/mol. The molecule has 1 amide bonds. The summed E-state index contributed by atoms with van der Waals surface area (Å²) in [6, 6.07) is 6.94. The van der Waals surface area contributed by atoms with Gasteiger partial charge in [0.2, 0.25) is 5.91 Å². The molecule has 0 aliphatic carbocycles. The van der Waals surface area contributed by atoms with Gasteiger partial charge in [0.1, 0.15) is 11.4 Å². The Bertz CT molecular complexity index is 788. The molecule has 0 fully saturated rings. The standard InChI is InChI=1S/C14H17ClN2O3S/c1-14(2,3)16-13(18)9-17-8-12(21(15,19)20)10-6-4-5-7-11(10)17/h4-8H,9H2,1-3H3,(H,16,18). The Labute approximate surface area is 128 Å². The first-order chi connectivity index (χ1) is 9.58. The van der Waals surface area contributed by atoms with Gasteiger partial charge in [-0.3, -0.25) is 4.79 Å². The van der Waals surface area contributed by atoms with E-state index in [1.54, 1.807) is 28.8 Å². The van der Waals surface area contributed by atoms with Crippen molar-refractivity contribution >= 4 is 36.5 Å². The Kier molecular flexibility index (Phi) is 4.04. The van der Waals surface area contributed by atoms with E-state index in [1.807, 2.05) is 20.8 Å². The van der Waals surface area contributed by atoms with Crippen molar-refractivity contribution in [2.75, 3.05) is 0 Å². The summed E-state index contributed by atoms with van der Waals surface area (Å²) in [5, 5.41) is 3.35. The minimum atomic E-state index is -3.86. The van der Waals surface area contributed by atoms with E-state index in [1.165, 1.54) is 6.20 Å². The summed E-state index contributed by atoms with van der Waals surface area (Å²) in [6.45, 7) is 5.68. The van der Waals surface area contributed by atoms with Crippen LogP contribution in [0.2, 0.25) is 0 Å². The zero-order chi connectivity index (χ0) is 15.8. The highest BCUT2D eigenvalue weighted by molar-refractivity contribution is 8.14. The lowest BCUT2D eigenvalue weighted by Crippen LogP contribution is -2.42. The van der Waals surface area contributed by atoms with Gasteiger partial charge in [-0.1, -0.05) is 18.2 Å². The summed E-state index contributed by atoms with van der Waals surface area (Å²) in [5.41, 5.74) is 0.308. The molecule has 1 aromatic carbocycles. The maximum absolute atomic E-state index is 12.0. The molecule has 0 aliphatic rings. The van der Waals surface area contributed by atoms with Crippen molar-refractivity contribution in [3.8, 4) is 0 Å². The number of nitrogens with zero attached hydrogens (tertiary/aromatic N) is 1. The number of amides is 1. The first-order valence-corrected chi connectivity index (χ1v) is 8.72. The molecule has 1 heterocycles. The number of carbonyl (C=O) groups is 1. The summed E-state index contributed by atoms with van der Waals surface area (Å²) >= 11 is 0. The smallest absolute Gasteiger partial charge is 0.263 e. The Morgan fingerprint density at radius 2 is 1.90 bits per heavy atom. The summed E-state index contributed by atoms with van der Waals surface area (Å²) in [7, 11) is 1.59. The second kappa shape index (κ2) is 5.35. The van der Waals surface area contributed by atoms with Gasteiger partial charge in [-0.25, -0.2) is 8.42 Å². The van der Waals surface area contributed by atoms with Crippen molar-refractivity contribution in [3.05, 3.63) is 30.5 Å². The summed E-state index contributed by atoms with van der Waals surface area (Å²) in [6.07, 6.45) is 1.40. The Hall–Kier alpha value is -1.53. The molecule has 0 saturated heterocycles. The third kappa shape index (κ3) is 3.77. The van der Waals surface area contributed by atoms with Crippen molar-refractivity contribution in [1.29, 1.82) is 0 Å². The molecule has 5 nitrogen and oxygen atoms in total. The molecule has 21 heavy (non-hydrogen) atoms. The van der Waals surface area contributed by atoms with Crippen LogP contribution in [0.25, 0.3) is 10.9 Å². The summed E-state index contributed by atoms with van der Waals surface area (Å²) in [4.78, 5) is 12.0. The molecule has 0 spiro atoms. The average molecular weight is 329 g/mol. The van der Waals surface area contributed by atoms with Crippen molar-refractivity contribution < 1.29 is 13.2 Å². The van der Waals surface area contributed by atoms with Crippen LogP contribution < -0.4 is 5.32 Å². The average Bonchev–Trinajstić information content (AvgIpc) is 2.66. The number of benzene rings is 1. The van der Waals surface area contributed by atoms with Gasteiger partial charge in [-0.05, 0) is 26.8 Å². The third-order valence-corrected chi connectivity index (χ3v) is 4.19. The number of fused-ring (bicyclic) bond motifs is 1. The highest BCUT2D eigenvalue weighted by Crippen LogP contribution is 2.27. The maximum atomic E-state index is 12.0. The topological polar surface area (TPSA) is 68.2 Å². The monoisotopic (exact) mass is 328 g/mol. The number of carbonyl (C=O) groups excluding carboxylic acids is 1. The van der Waals surface area contributed by atoms with Gasteiger partial charge in [0.05, 0.1) is 0 Å². The molecule has 0 unspecified atom stereocenters. The van der Waals surface area contributed by atoms with Crippen molar-refractivity contribution in [2.45, 2.75) is 37.8 Å². The van der Waals surface area contributed by atoms with Gasteiger partial charge >= 0.3 is 0 Å². The van der Waals surface area contributed by atoms with E-state index in [0.29, 0.717) is 10.9 Å². The third-order valence-electron chi connectivity index (χ3n) is 2.84. The van der Waals surface area contributed by atoms with Crippen LogP contribution in [-0.4, -0.2) is 24.4 Å². The fraction of sp³-hybridized carbons (Fsp3) is 0.357. The second-order valence-electron chi connectivity index (χ2n) is 5.87. The number of hydrogen-bond donors (Lipinski definition) is 1. The number of halogens is 1. The summed E-state index contributed by atoms with van der Waals surface area (Å²) < 4.78 is 24.8. The van der Waals surface area contributed by atoms with Gasteiger partial charge < -0.3 is 9.88 Å². The second-order valence-corrected chi connectivity index (χ2v) is 8.41. The van der Waals surface area contributed by atoms with Crippen LogP contribution >= 0.6 is 10.7 Å². The van der Waals surface area contributed by atoms with Crippen molar-refractivity contribution in [3.63, 3.8) is 0 Å². The Balaban J connectivity index is 2.44. The molecule has 2 aromatic rings. The van der Waals surface area contributed by atoms with Crippen LogP contribution in [0.3, 0.4) is 0 Å². The molecule has 0 radical (unpaired) electrons. The fourth-order valence-corrected chi connectivity index (χ4v) is 3.21. The van der Waals surface area contributed by atoms with Gasteiger partial charge in [0.15, 0.2) is 0 Å². The highest BCUT2D eigenvalue weighted by atomic mass is 35.7. The molecular formula is C14H17ClN2O3S. The zero-order valence-electron chi connectivity index (χ0n) is 12.1. The highest BCUT2D eigenvalue weighted by Gasteiger charge is 2.20. The molecule has 0 atom stereocenters. The molecule has 0 saturated carbocycles. The molecule has 7 heteroatoms. The lowest BCUT2D eigenvalue weighted by Gasteiger charge is -2.20. The van der Waals surface area contributed by atoms with E-state index in [2.05, 4.69) is 5.32 Å². The molecule has 0 aliphatic heterocycles. The first-order valence-electron chi connectivity index (χ1n) is 6.41. The molecule has 1 aromatic heterocycles. The van der Waals surface area contributed by atoms with E-state index in [-0.39, 0.29) is 22.9 Å². The SMILES string of the molecule is CC(C)(C)NC(=O)Cn1cc(S(=O)(=O)Cl)c2ccccc21. The quantitative estimate of drug-likeness (QED) is 0.880. The lowest BCUT2D eigenvalue weighted by molar-refractivity contribution is -0.123. The van der Waals surface area contributed by atoms with Crippen LogP contribution in [0.5, 0.6) is 0 Å². The van der Waals surface area contributed by atoms with E-state index in [9.17, 15) is 13.2 Å². The minimum absolute atomic E-state index is 0.0170. The van der Waals surface area contributed by atoms with Crippen LogP contribution in [0.4, 0.5) is 0 Å². The number of nitrogens with one attached hydrogen (secondary N) is 1. The van der Waals surface area contributed by atoms with E-state index >= 15 is 0 Å². The van der Waals surface area contributed by atoms with Crippen LogP contribution in [0, 0.1) is 0 Å². The van der Waals surface area contributed by atoms with Crippen molar-refractivity contribution in [2.24, 2.45) is 0 Å². The minimum Gasteiger partial charge on any atom is -0.350 e. The van der Waals surface area contributed by atoms with Crippen LogP contribution in [-0.2, 0) is 20.4 Å². The first kappa shape index (κ1) is 15.9. The van der Waals surface area contributed by atoms with Crippen LogP contribution in [0.1, 0.15) is 20.8 Å². The molecule has 1 N–H and O–H groups in total. The molecule has 114 valence electrons. The van der Waals surface area contributed by atoms with E-state index in [4.69, 9.17) is 10.7 Å². The number of aromatic nitrogens is 1. The number of para-hydroxylation sites is 1. The Morgan fingerprint density at radius 3 is 2.48 bits per heavy atom. The predicted octanol–water partition coefficient (Wildman–Crippen LogP) is 2.48. The lowest BCUT2D eigenvalue weighted by atomic mass is 10.1. The van der Waals surface area contributed by atoms with Crippen molar-refractivity contribution in [1.82, 2.24) is 9.88 Å². The van der Waals surface area contributed by atoms with E-state index < -0.39 is 9.05 Å².